The Labute approximate surface area is 148 Å². The highest BCUT2D eigenvalue weighted by Crippen LogP contribution is 2.27. The van der Waals surface area contributed by atoms with Crippen molar-refractivity contribution >= 4 is 10.2 Å². The molecule has 1 atom stereocenters. The number of piperidine rings is 1. The van der Waals surface area contributed by atoms with E-state index in [0.29, 0.717) is 24.8 Å². The Morgan fingerprint density at radius 3 is 2.76 bits per heavy atom. The van der Waals surface area contributed by atoms with Gasteiger partial charge in [-0.05, 0) is 18.4 Å². The summed E-state index contributed by atoms with van der Waals surface area (Å²) in [6.07, 6.45) is 1.63. The van der Waals surface area contributed by atoms with Crippen molar-refractivity contribution in [3.8, 4) is 0 Å². The van der Waals surface area contributed by atoms with E-state index in [1.807, 2.05) is 44.2 Å². The van der Waals surface area contributed by atoms with Crippen LogP contribution in [0.1, 0.15) is 55.8 Å². The number of hydrogen-bond acceptors (Lipinski definition) is 5. The van der Waals surface area contributed by atoms with Crippen LogP contribution in [0, 0.1) is 0 Å². The summed E-state index contributed by atoms with van der Waals surface area (Å²) in [6.45, 7) is 5.15. The lowest BCUT2D eigenvalue weighted by molar-refractivity contribution is 0.263. The lowest BCUT2D eigenvalue weighted by Crippen LogP contribution is -2.45. The van der Waals surface area contributed by atoms with Crippen LogP contribution in [0.2, 0.25) is 0 Å². The Kier molecular flexibility index (Phi) is 5.51. The van der Waals surface area contributed by atoms with Crippen LogP contribution in [0.4, 0.5) is 0 Å². The van der Waals surface area contributed by atoms with Gasteiger partial charge in [0.15, 0.2) is 5.82 Å². The third-order valence-electron chi connectivity index (χ3n) is 4.35. The Hall–Kier alpha value is -1.77. The summed E-state index contributed by atoms with van der Waals surface area (Å²) < 4.78 is 34.7. The van der Waals surface area contributed by atoms with Crippen LogP contribution in [0.3, 0.4) is 0 Å². The second-order valence-corrected chi connectivity index (χ2v) is 8.41. The third kappa shape index (κ3) is 4.45. The first kappa shape index (κ1) is 18.0. The predicted molar refractivity (Wildman–Crippen MR) is 94.1 cm³/mol. The molecule has 1 aliphatic heterocycles. The predicted octanol–water partition coefficient (Wildman–Crippen LogP) is 2.41. The van der Waals surface area contributed by atoms with Crippen molar-refractivity contribution < 1.29 is 12.9 Å². The molecule has 8 heteroatoms. The minimum absolute atomic E-state index is 0.0537. The van der Waals surface area contributed by atoms with Gasteiger partial charge in [0.2, 0.25) is 5.89 Å². The van der Waals surface area contributed by atoms with Crippen molar-refractivity contribution in [3.05, 3.63) is 47.6 Å². The van der Waals surface area contributed by atoms with E-state index in [1.54, 1.807) is 0 Å². The van der Waals surface area contributed by atoms with Gasteiger partial charge in [0.1, 0.15) is 0 Å². The molecule has 1 aromatic carbocycles. The fraction of sp³-hybridized carbons (Fsp3) is 0.529. The summed E-state index contributed by atoms with van der Waals surface area (Å²) >= 11 is 0. The van der Waals surface area contributed by atoms with Gasteiger partial charge in [0.25, 0.3) is 10.2 Å². The zero-order chi connectivity index (χ0) is 17.9. The molecule has 0 bridgehead atoms. The summed E-state index contributed by atoms with van der Waals surface area (Å²) in [5.41, 5.74) is 0.929. The molecule has 0 unspecified atom stereocenters. The molecule has 136 valence electrons. The summed E-state index contributed by atoms with van der Waals surface area (Å²) in [5, 5.41) is 3.98. The molecule has 1 fully saturated rings. The number of rotatable bonds is 6. The van der Waals surface area contributed by atoms with Gasteiger partial charge >= 0.3 is 0 Å². The van der Waals surface area contributed by atoms with Crippen molar-refractivity contribution in [2.75, 3.05) is 13.1 Å². The zero-order valence-corrected chi connectivity index (χ0v) is 15.4. The van der Waals surface area contributed by atoms with Crippen molar-refractivity contribution in [2.45, 2.75) is 45.1 Å². The van der Waals surface area contributed by atoms with Gasteiger partial charge in [0, 0.05) is 25.6 Å². The van der Waals surface area contributed by atoms with E-state index in [2.05, 4.69) is 14.9 Å². The number of nitrogens with zero attached hydrogens (tertiary/aromatic N) is 3. The maximum absolute atomic E-state index is 12.6. The molecule has 1 aliphatic rings. The minimum atomic E-state index is -3.54. The van der Waals surface area contributed by atoms with Crippen LogP contribution in [0.15, 0.2) is 34.9 Å². The van der Waals surface area contributed by atoms with Crippen LogP contribution in [-0.4, -0.2) is 36.0 Å². The maximum atomic E-state index is 12.6. The van der Waals surface area contributed by atoms with Gasteiger partial charge in [-0.3, -0.25) is 0 Å². The van der Waals surface area contributed by atoms with Gasteiger partial charge in [-0.15, -0.1) is 0 Å². The van der Waals surface area contributed by atoms with Crippen LogP contribution in [-0.2, 0) is 16.8 Å². The quantitative estimate of drug-likeness (QED) is 0.850. The van der Waals surface area contributed by atoms with Crippen molar-refractivity contribution in [3.63, 3.8) is 0 Å². The second kappa shape index (κ2) is 7.63. The second-order valence-electron chi connectivity index (χ2n) is 6.65. The highest BCUT2D eigenvalue weighted by atomic mass is 32.2. The molecule has 0 saturated carbocycles. The largest absolute Gasteiger partial charge is 0.339 e. The molecule has 2 aromatic rings. The molecule has 1 N–H and O–H groups in total. The van der Waals surface area contributed by atoms with Crippen molar-refractivity contribution in [2.24, 2.45) is 0 Å². The SMILES string of the molecule is CC(C)c1noc([C@H]2CCCN(S(=O)(=O)NCc3ccccc3)C2)n1. The standard InChI is InChI=1S/C17H24N4O3S/c1-13(2)16-19-17(24-20-16)15-9-6-10-21(12-15)25(22,23)18-11-14-7-4-3-5-8-14/h3-5,7-8,13,15,18H,6,9-12H2,1-2H3/t15-/m0/s1. The molecule has 1 saturated heterocycles. The fourth-order valence-electron chi connectivity index (χ4n) is 2.87. The van der Waals surface area contributed by atoms with Gasteiger partial charge in [-0.1, -0.05) is 49.3 Å². The zero-order valence-electron chi connectivity index (χ0n) is 14.6. The van der Waals surface area contributed by atoms with E-state index in [1.165, 1.54) is 4.31 Å². The molecule has 1 aromatic heterocycles. The lowest BCUT2D eigenvalue weighted by Gasteiger charge is -2.30. The smallest absolute Gasteiger partial charge is 0.279 e. The number of nitrogens with one attached hydrogen (secondary N) is 1. The molecule has 7 nitrogen and oxygen atoms in total. The highest BCUT2D eigenvalue weighted by Gasteiger charge is 2.32. The van der Waals surface area contributed by atoms with Crippen LogP contribution >= 0.6 is 0 Å². The molecular formula is C17H24N4O3S. The molecule has 0 aliphatic carbocycles. The van der Waals surface area contributed by atoms with Gasteiger partial charge in [-0.25, -0.2) is 0 Å². The van der Waals surface area contributed by atoms with Crippen LogP contribution in [0.5, 0.6) is 0 Å². The summed E-state index contributed by atoms with van der Waals surface area (Å²) in [4.78, 5) is 4.42. The Morgan fingerprint density at radius 1 is 1.32 bits per heavy atom. The summed E-state index contributed by atoms with van der Waals surface area (Å²) in [6, 6.07) is 9.48. The van der Waals surface area contributed by atoms with Gasteiger partial charge in [0.05, 0.1) is 5.92 Å². The van der Waals surface area contributed by atoms with Crippen molar-refractivity contribution in [1.82, 2.24) is 19.2 Å². The van der Waals surface area contributed by atoms with E-state index in [-0.39, 0.29) is 18.4 Å². The highest BCUT2D eigenvalue weighted by molar-refractivity contribution is 7.87. The van der Waals surface area contributed by atoms with Crippen molar-refractivity contribution in [1.29, 1.82) is 0 Å². The lowest BCUT2D eigenvalue weighted by atomic mass is 10.00. The first-order valence-electron chi connectivity index (χ1n) is 8.58. The Bertz CT molecular complexity index is 789. The first-order chi connectivity index (χ1) is 12.0. The number of hydrogen-bond donors (Lipinski definition) is 1. The van der Waals surface area contributed by atoms with Crippen LogP contribution in [0.25, 0.3) is 0 Å². The summed E-state index contributed by atoms with van der Waals surface area (Å²) in [5.74, 6) is 1.33. The van der Waals surface area contributed by atoms with E-state index in [4.69, 9.17) is 4.52 Å². The molecule has 2 heterocycles. The summed E-state index contributed by atoms with van der Waals surface area (Å²) in [7, 11) is -3.54. The normalized spacial score (nSPS) is 19.4. The monoisotopic (exact) mass is 364 g/mol. The topological polar surface area (TPSA) is 88.3 Å². The molecule has 25 heavy (non-hydrogen) atoms. The molecule has 0 radical (unpaired) electrons. The fourth-order valence-corrected chi connectivity index (χ4v) is 4.15. The molecule has 0 amide bonds. The van der Waals surface area contributed by atoms with Gasteiger partial charge < -0.3 is 4.52 Å². The Balaban J connectivity index is 1.65. The first-order valence-corrected chi connectivity index (χ1v) is 10.0. The average Bonchev–Trinajstić information content (AvgIpc) is 3.12. The Morgan fingerprint density at radius 2 is 2.08 bits per heavy atom. The minimum Gasteiger partial charge on any atom is -0.339 e. The molecule has 0 spiro atoms. The van der Waals surface area contributed by atoms with E-state index in [9.17, 15) is 8.42 Å². The molecular weight excluding hydrogens is 340 g/mol. The molecule has 3 rings (SSSR count). The van der Waals surface area contributed by atoms with E-state index >= 15 is 0 Å². The van der Waals surface area contributed by atoms with Gasteiger partial charge in [-0.2, -0.15) is 22.4 Å². The third-order valence-corrected chi connectivity index (χ3v) is 5.87. The van der Waals surface area contributed by atoms with E-state index in [0.717, 1.165) is 18.4 Å². The van der Waals surface area contributed by atoms with E-state index < -0.39 is 10.2 Å². The van der Waals surface area contributed by atoms with Crippen LogP contribution < -0.4 is 4.72 Å². The number of benzene rings is 1. The average molecular weight is 364 g/mol. The number of aromatic nitrogens is 2. The maximum Gasteiger partial charge on any atom is 0.279 e.